The van der Waals surface area contributed by atoms with Crippen molar-refractivity contribution in [2.45, 2.75) is 104 Å². The molecule has 25 nitrogen and oxygen atoms in total. The van der Waals surface area contributed by atoms with E-state index in [1.807, 2.05) is 60.7 Å². The van der Waals surface area contributed by atoms with Gasteiger partial charge in [0.1, 0.15) is 41.8 Å². The van der Waals surface area contributed by atoms with Gasteiger partial charge in [-0.05, 0) is 66.5 Å². The second kappa shape index (κ2) is 22.3. The maximum absolute atomic E-state index is 13.8. The highest BCUT2D eigenvalue weighted by atomic mass is 32.2. The lowest BCUT2D eigenvalue weighted by Crippen LogP contribution is -2.68. The van der Waals surface area contributed by atoms with Crippen LogP contribution < -0.4 is 30.5 Å². The summed E-state index contributed by atoms with van der Waals surface area (Å²) in [6.07, 6.45) is -1.19. The van der Waals surface area contributed by atoms with E-state index in [1.54, 1.807) is 46.3 Å². The van der Waals surface area contributed by atoms with E-state index in [0.29, 0.717) is 9.47 Å². The number of hydrogen-bond donors (Lipinski definition) is 5. The van der Waals surface area contributed by atoms with E-state index >= 15 is 0 Å². The van der Waals surface area contributed by atoms with Gasteiger partial charge in [-0.3, -0.25) is 24.4 Å². The summed E-state index contributed by atoms with van der Waals surface area (Å²) < 4.78 is 52.5. The predicted molar refractivity (Wildman–Crippen MR) is 260 cm³/mol. The number of ether oxygens (including phenoxy) is 4. The molecule has 4 heterocycles. The Labute approximate surface area is 422 Å². The smallest absolute Gasteiger partial charge is 0.413 e. The lowest BCUT2D eigenvalue weighted by molar-refractivity contribution is -0.179. The summed E-state index contributed by atoms with van der Waals surface area (Å²) in [5.74, 6) is -3.22. The first-order chi connectivity index (χ1) is 34.2. The molecule has 0 saturated carbocycles. The van der Waals surface area contributed by atoms with Crippen molar-refractivity contribution in [3.05, 3.63) is 106 Å². The zero-order valence-corrected chi connectivity index (χ0v) is 42.5. The van der Waals surface area contributed by atoms with Crippen LogP contribution in [0.4, 0.5) is 14.7 Å². The van der Waals surface area contributed by atoms with Crippen LogP contribution in [0.15, 0.2) is 88.3 Å². The molecule has 5 amide bonds. The fraction of sp³-hybridized carbons (Fsp3) is 0.391. The van der Waals surface area contributed by atoms with Gasteiger partial charge in [0.05, 0.1) is 32.0 Å². The summed E-state index contributed by atoms with van der Waals surface area (Å²) in [6, 6.07) is 16.6. The van der Waals surface area contributed by atoms with Crippen molar-refractivity contribution in [1.82, 2.24) is 38.7 Å². The fourth-order valence-corrected chi connectivity index (χ4v) is 7.77. The number of rotatable bonds is 19. The molecular formula is C46H54N10O15S2. The van der Waals surface area contributed by atoms with Crippen LogP contribution in [0.25, 0.3) is 11.5 Å². The van der Waals surface area contributed by atoms with Crippen molar-refractivity contribution in [2.75, 3.05) is 18.5 Å². The number of aromatic nitrogens is 5. The van der Waals surface area contributed by atoms with Crippen LogP contribution in [0.2, 0.25) is 0 Å². The van der Waals surface area contributed by atoms with E-state index < -0.39 is 106 Å². The highest BCUT2D eigenvalue weighted by Gasteiger charge is 2.44. The maximum Gasteiger partial charge on any atom is 0.413 e. The number of aliphatic hydroxyl groups excluding tert-OH is 2. The Morgan fingerprint density at radius 3 is 2.07 bits per heavy atom. The van der Waals surface area contributed by atoms with Crippen molar-refractivity contribution in [3.63, 3.8) is 0 Å². The summed E-state index contributed by atoms with van der Waals surface area (Å²) in [6.45, 7) is 10.5. The first kappa shape index (κ1) is 54.6. The number of hydrogen-bond acceptors (Lipinski definition) is 20. The number of amides is 5. The van der Waals surface area contributed by atoms with Gasteiger partial charge in [-0.1, -0.05) is 69.9 Å². The highest BCUT2D eigenvalue weighted by Crippen LogP contribution is 2.32. The second-order valence-corrected chi connectivity index (χ2v) is 20.9. The maximum atomic E-state index is 13.8. The molecule has 5 aromatic rings. The van der Waals surface area contributed by atoms with Crippen molar-refractivity contribution >= 4 is 62.3 Å². The SMILES string of the molecule is CC(C)(C)OC(=O)Nc1nc(/C(=N/OC(C)(C)C(=O)OC(C)(C)C)C(=O)N[C@H]2CN(C(=O)NS(=O)(=O)n3nc(-c4cc(OCc5ccccc5)c(OCc5ccccc5)cn4)n(C[C@@H](O)CO)c3=O)C2=O)cs1. The number of carbonyl (C=O) groups excluding carboxylic acids is 5. The molecule has 0 spiro atoms. The number of pyridine rings is 1. The molecule has 6 rings (SSSR count). The molecule has 2 aromatic carbocycles. The first-order valence-corrected chi connectivity index (χ1v) is 24.5. The van der Waals surface area contributed by atoms with Crippen molar-refractivity contribution in [2.24, 2.45) is 5.16 Å². The third-order valence-electron chi connectivity index (χ3n) is 9.72. The Morgan fingerprint density at radius 1 is 0.890 bits per heavy atom. The van der Waals surface area contributed by atoms with Crippen LogP contribution in [0, 0.1) is 0 Å². The number of aliphatic hydroxyl groups is 2. The number of imide groups is 1. The average molecular weight is 1050 g/mol. The number of urea groups is 1. The molecule has 3 aromatic heterocycles. The summed E-state index contributed by atoms with van der Waals surface area (Å²) >= 11 is 0.868. The lowest BCUT2D eigenvalue weighted by atomic mass is 10.1. The van der Waals surface area contributed by atoms with Crippen LogP contribution in [-0.2, 0) is 58.7 Å². The Bertz CT molecular complexity index is 3040. The molecule has 27 heteroatoms. The van der Waals surface area contributed by atoms with Crippen LogP contribution in [0.5, 0.6) is 11.5 Å². The van der Waals surface area contributed by atoms with Gasteiger partial charge in [0, 0.05) is 11.4 Å². The van der Waals surface area contributed by atoms with Gasteiger partial charge in [0.25, 0.3) is 11.8 Å². The normalized spacial score (nSPS) is 14.6. The van der Waals surface area contributed by atoms with Gasteiger partial charge in [-0.25, -0.2) is 33.9 Å². The zero-order valence-electron chi connectivity index (χ0n) is 40.8. The zero-order chi connectivity index (χ0) is 53.5. The van der Waals surface area contributed by atoms with Crippen LogP contribution >= 0.6 is 11.3 Å². The van der Waals surface area contributed by atoms with Gasteiger partial charge >= 0.3 is 34.0 Å². The molecule has 2 atom stereocenters. The number of thiazole rings is 1. The van der Waals surface area contributed by atoms with Crippen molar-refractivity contribution in [3.8, 4) is 23.0 Å². The Kier molecular flexibility index (Phi) is 16.7. The van der Waals surface area contributed by atoms with Crippen LogP contribution in [0.3, 0.4) is 0 Å². The molecule has 1 aliphatic rings. The van der Waals surface area contributed by atoms with Gasteiger partial charge in [-0.2, -0.15) is 8.42 Å². The van der Waals surface area contributed by atoms with Crippen molar-refractivity contribution < 1.29 is 66.4 Å². The van der Waals surface area contributed by atoms with Crippen LogP contribution in [0.1, 0.15) is 72.2 Å². The topological polar surface area (TPSA) is 323 Å². The average Bonchev–Trinajstić information content (AvgIpc) is 3.91. The standard InChI is InChI=1S/C46H54N10O15S2/c1-44(2,3)69-39(61)46(7,8)71-52-35(32-26-72-40(49-32)50-42(63)70-45(4,5)6)37(59)48-31-22-55(38(31)60)41(62)53-73(65,66)56-43(64)54(21-29(58)23-57)36(51-56)30-19-33(67-24-27-15-11-9-12-16-27)34(20-47-30)68-25-28-17-13-10-14-18-28/h9-20,26,29,31,57-58H,21-25H2,1-8H3,(H,48,59)(H,53,62)(H,49,50,63)/b52-35-/t29-,31+/m1/s1. The largest absolute Gasteiger partial charge is 0.485 e. The van der Waals surface area contributed by atoms with Gasteiger partial charge in [0.2, 0.25) is 5.60 Å². The van der Waals surface area contributed by atoms with E-state index in [0.717, 1.165) is 22.5 Å². The van der Waals surface area contributed by atoms with Crippen molar-refractivity contribution in [1.29, 1.82) is 0 Å². The Hall–Kier alpha value is -7.75. The minimum atomic E-state index is -5.29. The molecule has 0 radical (unpaired) electrons. The lowest BCUT2D eigenvalue weighted by Gasteiger charge is -2.36. The number of anilines is 1. The van der Waals surface area contributed by atoms with Crippen LogP contribution in [-0.4, -0.2) is 125 Å². The number of carbonyl (C=O) groups is 5. The van der Waals surface area contributed by atoms with Gasteiger partial charge < -0.3 is 39.3 Å². The van der Waals surface area contributed by atoms with E-state index in [9.17, 15) is 47.4 Å². The number of β-lactam (4-membered cyclic amide) rings is 1. The number of oxime groups is 1. The summed E-state index contributed by atoms with van der Waals surface area (Å²) in [5, 5.41) is 34.0. The number of benzene rings is 2. The molecule has 1 aliphatic heterocycles. The number of esters is 1. The summed E-state index contributed by atoms with van der Waals surface area (Å²) in [5.41, 5.74) is -4.26. The monoisotopic (exact) mass is 1050 g/mol. The molecule has 0 aliphatic carbocycles. The summed E-state index contributed by atoms with van der Waals surface area (Å²) in [4.78, 5) is 94.2. The molecule has 0 unspecified atom stereocenters. The Morgan fingerprint density at radius 2 is 1.49 bits per heavy atom. The van der Waals surface area contributed by atoms with E-state index in [-0.39, 0.29) is 45.3 Å². The third-order valence-corrected chi connectivity index (χ3v) is 11.6. The molecule has 0 bridgehead atoms. The number of likely N-dealkylation sites (tertiary alicyclic amines) is 1. The highest BCUT2D eigenvalue weighted by molar-refractivity contribution is 7.88. The molecule has 1 fully saturated rings. The minimum absolute atomic E-state index is 0.0310. The van der Waals surface area contributed by atoms with Gasteiger partial charge in [-0.15, -0.1) is 16.4 Å². The van der Waals surface area contributed by atoms with E-state index in [4.69, 9.17) is 23.8 Å². The predicted octanol–water partition coefficient (Wildman–Crippen LogP) is 3.09. The first-order valence-electron chi connectivity index (χ1n) is 22.2. The molecular weight excluding hydrogens is 997 g/mol. The molecule has 1 saturated heterocycles. The van der Waals surface area contributed by atoms with E-state index in [1.165, 1.54) is 31.5 Å². The number of nitrogens with zero attached hydrogens (tertiary/aromatic N) is 7. The van der Waals surface area contributed by atoms with E-state index in [2.05, 4.69) is 30.9 Å². The molecule has 73 heavy (non-hydrogen) atoms. The minimum Gasteiger partial charge on any atom is -0.485 e. The second-order valence-electron chi connectivity index (χ2n) is 18.6. The Balaban J connectivity index is 1.21. The summed E-state index contributed by atoms with van der Waals surface area (Å²) in [7, 11) is -5.29. The fourth-order valence-electron chi connectivity index (χ4n) is 6.18. The third kappa shape index (κ3) is 14.5. The van der Waals surface area contributed by atoms with Gasteiger partial charge in [0.15, 0.2) is 28.2 Å². The molecule has 5 N–H and O–H groups in total. The number of nitrogens with one attached hydrogen (secondary N) is 3. The molecule has 390 valence electrons. The quantitative estimate of drug-likeness (QED) is 0.0343.